The van der Waals surface area contributed by atoms with Gasteiger partial charge in [0.2, 0.25) is 0 Å². The number of nitrogens with one attached hydrogen (secondary N) is 2. The summed E-state index contributed by atoms with van der Waals surface area (Å²) < 4.78 is 61.3. The number of nitrogens with two attached hydrogens (primary N) is 2. The monoisotopic (exact) mass is 1390 g/mol. The molecule has 0 spiro atoms. The molecule has 98 heavy (non-hydrogen) atoms. The van der Waals surface area contributed by atoms with Crippen LogP contribution in [0.25, 0.3) is 55.3 Å². The number of rotatable bonds is 32. The molecular weight excluding hydrogens is 1310 g/mol. The van der Waals surface area contributed by atoms with Crippen LogP contribution in [-0.2, 0) is 12.8 Å². The zero-order valence-electron chi connectivity index (χ0n) is 56.4. The van der Waals surface area contributed by atoms with Gasteiger partial charge in [0.1, 0.15) is 0 Å². The molecule has 6 aromatic rings. The number of thiophene rings is 4. The quantitative estimate of drug-likeness (QED) is 0.0107. The Morgan fingerprint density at radius 1 is 0.480 bits per heavy atom. The van der Waals surface area contributed by atoms with E-state index in [-0.39, 0.29) is 67.4 Å². The molecule has 0 saturated carbocycles. The highest BCUT2D eigenvalue weighted by molar-refractivity contribution is 7.16. The standard InChI is InChI=1S/C80H84F4N8O2S4/c1-7-11-15-19-21-25-29-47(27-23-17-13-9-3)35-49-37-67(97-65(49)39-51-31-33-63(95-51)71-69(61(45-85)91-5)53-41-57(81)59(83)43-55(53)79(71)93)73-75(87)77(89)74(78(90)76(73)88)68-38-50(36-48(28-24-18-14-10-4)30-26-22-20-16-12-8-2)66(98-68)40-52-32-34-64(96-52)72-70(62(46-86)92-6)54-42-58(82)60(84)44-56(54)80(72)94/h31-34,37-44,47-48,87,89H,7-30,35-36,88,90H2,1-4H3/b51-39+,52-40+,69-61+,70-62?,71-63+,72-64+,87-75?,89-77?. The second-order valence-electron chi connectivity index (χ2n) is 25.9. The number of halogens is 4. The third kappa shape index (κ3) is 16.8. The van der Waals surface area contributed by atoms with Crippen molar-refractivity contribution in [2.45, 2.75) is 195 Å². The van der Waals surface area contributed by atoms with Crippen LogP contribution in [0.2, 0.25) is 0 Å². The summed E-state index contributed by atoms with van der Waals surface area (Å²) in [4.78, 5) is 38.2. The van der Waals surface area contributed by atoms with Crippen LogP contribution in [-0.4, -0.2) is 23.0 Å². The van der Waals surface area contributed by atoms with E-state index in [1.807, 2.05) is 36.4 Å². The first-order chi connectivity index (χ1) is 47.4. The van der Waals surface area contributed by atoms with Crippen molar-refractivity contribution in [1.82, 2.24) is 0 Å². The molecule has 2 unspecified atom stereocenters. The summed E-state index contributed by atoms with van der Waals surface area (Å²) in [7, 11) is 0. The lowest BCUT2D eigenvalue weighted by Crippen LogP contribution is -2.29. The van der Waals surface area contributed by atoms with E-state index >= 15 is 0 Å². The van der Waals surface area contributed by atoms with Crippen molar-refractivity contribution in [2.75, 3.05) is 0 Å². The first-order valence-corrected chi connectivity index (χ1v) is 37.9. The van der Waals surface area contributed by atoms with Crippen LogP contribution < -0.4 is 29.6 Å². The van der Waals surface area contributed by atoms with Gasteiger partial charge in [-0.3, -0.25) is 20.4 Å². The van der Waals surface area contributed by atoms with Crippen molar-refractivity contribution < 1.29 is 27.2 Å². The molecule has 508 valence electrons. The van der Waals surface area contributed by atoms with E-state index in [4.69, 9.17) is 24.6 Å². The average molecular weight is 1390 g/mol. The van der Waals surface area contributed by atoms with Crippen molar-refractivity contribution in [3.8, 4) is 12.1 Å². The Balaban J connectivity index is 1.18. The van der Waals surface area contributed by atoms with Crippen molar-refractivity contribution in [3.05, 3.63) is 201 Å². The molecule has 2 atom stereocenters. The number of unbranched alkanes of at least 4 members (excludes halogenated alkanes) is 16. The Morgan fingerprint density at radius 3 is 1.12 bits per heavy atom. The molecule has 9 rings (SSSR count). The van der Waals surface area contributed by atoms with Crippen LogP contribution in [0.1, 0.15) is 244 Å². The fourth-order valence-electron chi connectivity index (χ4n) is 13.7. The van der Waals surface area contributed by atoms with Crippen molar-refractivity contribution >= 4 is 114 Å². The van der Waals surface area contributed by atoms with Crippen molar-refractivity contribution in [2.24, 2.45) is 23.3 Å². The van der Waals surface area contributed by atoms with Gasteiger partial charge in [0.25, 0.3) is 11.4 Å². The van der Waals surface area contributed by atoms with E-state index in [0.29, 0.717) is 41.8 Å². The van der Waals surface area contributed by atoms with Crippen LogP contribution in [0, 0.1) is 81.7 Å². The van der Waals surface area contributed by atoms with E-state index < -0.39 is 46.2 Å². The number of nitriles is 2. The molecule has 10 nitrogen and oxygen atoms in total. The number of Topliss-reactive ketones (excluding diaryl/α,β-unsaturated/α-hetero) is 2. The predicted molar refractivity (Wildman–Crippen MR) is 395 cm³/mol. The van der Waals surface area contributed by atoms with Crippen molar-refractivity contribution in [1.29, 1.82) is 21.3 Å². The molecule has 3 aliphatic carbocycles. The van der Waals surface area contributed by atoms with Gasteiger partial charge in [-0.05, 0) is 120 Å². The SMILES string of the molecule is [C-]#[N+]C(C#N)=C1/C(=c2/cc/c(=C\c3sc(C4=C(N)C(N)=C(c5cc(CC(CCCCCC)CCCCCCCC)c(/C=c6\cc/c(=C7\C(=O)c8cc(F)c(F)cc8\C7=C(\C#N)[N+]#[C-])s6)s5)C(=N)C4=N)cc3CC(CCCCCC)CCCCCCCC)s2)C(=O)c2cc(F)c(F)cc21. The molecule has 0 saturated heterocycles. The van der Waals surface area contributed by atoms with Crippen molar-refractivity contribution in [3.63, 3.8) is 0 Å². The second-order valence-corrected chi connectivity index (χ2v) is 30.3. The summed E-state index contributed by atoms with van der Waals surface area (Å²) in [6.45, 7) is 24.5. The molecule has 0 bridgehead atoms. The number of hydrogen-bond donors (Lipinski definition) is 4. The Morgan fingerprint density at radius 2 is 0.796 bits per heavy atom. The lowest BCUT2D eigenvalue weighted by atomic mass is 9.86. The zero-order chi connectivity index (χ0) is 70.2. The maximum atomic E-state index is 14.8. The van der Waals surface area contributed by atoms with Gasteiger partial charge in [-0.1, -0.05) is 182 Å². The number of allylic oxidation sites excluding steroid dienone is 6. The van der Waals surface area contributed by atoms with Crippen LogP contribution in [0.4, 0.5) is 17.6 Å². The summed E-state index contributed by atoms with van der Waals surface area (Å²) in [5.41, 5.74) is 16.3. The fraction of sp³-hybridized carbons (Fsp3) is 0.400. The van der Waals surface area contributed by atoms with Crippen LogP contribution in [0.15, 0.2) is 83.5 Å². The van der Waals surface area contributed by atoms with Crippen LogP contribution in [0.5, 0.6) is 0 Å². The third-order valence-corrected chi connectivity index (χ3v) is 23.3. The van der Waals surface area contributed by atoms with E-state index in [1.54, 1.807) is 12.1 Å². The van der Waals surface area contributed by atoms with Gasteiger partial charge in [0.15, 0.2) is 34.8 Å². The summed E-state index contributed by atoms with van der Waals surface area (Å²) in [6, 6.07) is 18.4. The molecule has 18 heteroatoms. The summed E-state index contributed by atoms with van der Waals surface area (Å²) in [6.07, 6.45) is 32.6. The van der Waals surface area contributed by atoms with E-state index in [0.717, 1.165) is 170 Å². The minimum Gasteiger partial charge on any atom is -0.396 e. The molecular formula is C80H84F4N8O2S4. The Labute approximate surface area is 589 Å². The molecule has 4 heterocycles. The fourth-order valence-corrected chi connectivity index (χ4v) is 18.3. The van der Waals surface area contributed by atoms with Crippen LogP contribution in [0.3, 0.4) is 0 Å². The highest BCUT2D eigenvalue weighted by Crippen LogP contribution is 2.45. The molecule has 0 radical (unpaired) electrons. The maximum absolute atomic E-state index is 14.8. The highest BCUT2D eigenvalue weighted by Gasteiger charge is 2.37. The molecule has 3 aliphatic rings. The zero-order valence-corrected chi connectivity index (χ0v) is 59.6. The van der Waals surface area contributed by atoms with E-state index in [1.165, 1.54) is 96.7 Å². The van der Waals surface area contributed by atoms with Gasteiger partial charge >= 0.3 is 0 Å². The van der Waals surface area contributed by atoms with Gasteiger partial charge in [-0.15, -0.1) is 45.3 Å². The first kappa shape index (κ1) is 73.9. The van der Waals surface area contributed by atoms with Gasteiger partial charge in [-0.25, -0.2) is 37.8 Å². The van der Waals surface area contributed by atoms with E-state index in [2.05, 4.69) is 49.5 Å². The number of ketones is 2. The second kappa shape index (κ2) is 34.9. The summed E-state index contributed by atoms with van der Waals surface area (Å²) in [5.74, 6) is -5.40. The molecule has 6 N–H and O–H groups in total. The molecule has 0 aliphatic heterocycles. The number of fused-ring (bicyclic) bond motifs is 2. The number of carbonyl (C=O) groups excluding carboxylic acids is 2. The highest BCUT2D eigenvalue weighted by atomic mass is 32.1. The number of benzene rings is 2. The average Bonchev–Trinajstić information content (AvgIpc) is 1.58. The Bertz CT molecular complexity index is 4330. The molecule has 0 fully saturated rings. The summed E-state index contributed by atoms with van der Waals surface area (Å²) in [5, 5.41) is 40.1. The largest absolute Gasteiger partial charge is 0.396 e. The lowest BCUT2D eigenvalue weighted by Gasteiger charge is -2.22. The minimum atomic E-state index is -1.22. The van der Waals surface area contributed by atoms with Crippen LogP contribution >= 0.6 is 45.3 Å². The summed E-state index contributed by atoms with van der Waals surface area (Å²) >= 11 is 5.37. The lowest BCUT2D eigenvalue weighted by molar-refractivity contribution is 0.105. The topological polar surface area (TPSA) is 190 Å². The Hall–Kier alpha value is -8.36. The van der Waals surface area contributed by atoms with E-state index in [9.17, 15) is 48.5 Å². The molecule has 0 amide bonds. The van der Waals surface area contributed by atoms with Gasteiger partial charge in [0.05, 0.1) is 48.1 Å². The number of carbonyl (C=O) groups is 2. The third-order valence-electron chi connectivity index (χ3n) is 18.9. The number of hydrogen-bond acceptors (Lipinski definition) is 12. The number of nitrogens with zero attached hydrogens (tertiary/aromatic N) is 4. The maximum Gasteiger partial charge on any atom is 0.270 e. The normalized spacial score (nSPS) is 17.0. The Kier molecular flexibility index (Phi) is 26.3. The first-order valence-electron chi connectivity index (χ1n) is 34.6. The van der Waals surface area contributed by atoms with Gasteiger partial charge in [0, 0.05) is 82.2 Å². The smallest absolute Gasteiger partial charge is 0.270 e. The molecule has 4 aromatic heterocycles. The molecule has 2 aromatic carbocycles. The predicted octanol–water partition coefficient (Wildman–Crippen LogP) is 19.4. The van der Waals surface area contributed by atoms with Gasteiger partial charge in [-0.2, -0.15) is 0 Å². The minimum absolute atomic E-state index is 0.0130. The van der Waals surface area contributed by atoms with Gasteiger partial charge < -0.3 is 11.5 Å².